The lowest BCUT2D eigenvalue weighted by Gasteiger charge is -2.28. The summed E-state index contributed by atoms with van der Waals surface area (Å²) < 4.78 is 26.4. The quantitative estimate of drug-likeness (QED) is 0.445. The number of allylic oxidation sites excluding steroid dienone is 1. The fourth-order valence-corrected chi connectivity index (χ4v) is 4.09. The van der Waals surface area contributed by atoms with Crippen molar-refractivity contribution < 1.29 is 18.3 Å². The number of fused-ring (bicyclic) bond motifs is 1. The van der Waals surface area contributed by atoms with Gasteiger partial charge < -0.3 is 14.1 Å². The molecule has 0 radical (unpaired) electrons. The van der Waals surface area contributed by atoms with Gasteiger partial charge in [-0.25, -0.2) is 4.21 Å². The number of para-hydroxylation sites is 1. The molecule has 2 atom stereocenters. The van der Waals surface area contributed by atoms with Gasteiger partial charge in [0.15, 0.2) is 11.1 Å². The Morgan fingerprint density at radius 1 is 0.966 bits per heavy atom. The van der Waals surface area contributed by atoms with Crippen LogP contribution in [0.2, 0.25) is 5.02 Å². The summed E-state index contributed by atoms with van der Waals surface area (Å²) in [6.45, 7) is 0. The molecule has 2 unspecified atom stereocenters. The van der Waals surface area contributed by atoms with Crippen molar-refractivity contribution in [2.24, 2.45) is 0 Å². The van der Waals surface area contributed by atoms with E-state index in [2.05, 4.69) is 0 Å². The summed E-state index contributed by atoms with van der Waals surface area (Å²) in [4.78, 5) is 12.1. The fourth-order valence-electron chi connectivity index (χ4n) is 3.48. The molecule has 0 aromatic heterocycles. The fraction of sp³-hybridized carbons (Fsp3) is 0.0870. The zero-order chi connectivity index (χ0) is 20.4. The number of hydrogen-bond acceptors (Lipinski definition) is 3. The van der Waals surface area contributed by atoms with E-state index in [1.807, 2.05) is 48.5 Å². The van der Waals surface area contributed by atoms with Crippen LogP contribution in [0, 0.1) is 0 Å². The monoisotopic (exact) mass is 424 g/mol. The molecular formula is C23H17ClO4S. The van der Waals surface area contributed by atoms with Gasteiger partial charge in [0.25, 0.3) is 0 Å². The van der Waals surface area contributed by atoms with E-state index in [4.69, 9.17) is 20.9 Å². The second-order valence-corrected chi connectivity index (χ2v) is 8.03. The van der Waals surface area contributed by atoms with Gasteiger partial charge in [0.05, 0.1) is 11.7 Å². The topological polar surface area (TPSA) is 63.6 Å². The minimum absolute atomic E-state index is 0.0595. The van der Waals surface area contributed by atoms with E-state index in [0.29, 0.717) is 16.5 Å². The lowest BCUT2D eigenvalue weighted by Crippen LogP contribution is -2.15. The van der Waals surface area contributed by atoms with Crippen LogP contribution < -0.4 is 4.74 Å². The van der Waals surface area contributed by atoms with Gasteiger partial charge >= 0.3 is 0 Å². The first-order valence-electron chi connectivity index (χ1n) is 8.96. The van der Waals surface area contributed by atoms with Crippen LogP contribution in [-0.2, 0) is 21.6 Å². The standard InChI is InChI=1S/C23H17ClO4S/c24-18-11-9-16(10-12-18)22-20(13-25)19-3-1-2-4-21(19)28-23(22)17-7-5-15(6-8-17)14-29(26)27/h1-13,20H,14H2,(H,26,27). The highest BCUT2D eigenvalue weighted by Crippen LogP contribution is 2.45. The maximum absolute atomic E-state index is 12.1. The first kappa shape index (κ1) is 19.6. The minimum atomic E-state index is -1.91. The largest absolute Gasteiger partial charge is 0.456 e. The lowest BCUT2D eigenvalue weighted by atomic mass is 9.83. The molecule has 0 fully saturated rings. The van der Waals surface area contributed by atoms with Crippen molar-refractivity contribution in [3.8, 4) is 5.75 Å². The summed E-state index contributed by atoms with van der Waals surface area (Å²) in [5.74, 6) is 0.794. The summed E-state index contributed by atoms with van der Waals surface area (Å²) in [5.41, 5.74) is 3.93. The Morgan fingerprint density at radius 2 is 1.62 bits per heavy atom. The Bertz CT molecular complexity index is 1100. The van der Waals surface area contributed by atoms with Crippen molar-refractivity contribution in [2.75, 3.05) is 0 Å². The zero-order valence-electron chi connectivity index (χ0n) is 15.2. The molecule has 29 heavy (non-hydrogen) atoms. The Kier molecular flexibility index (Phi) is 5.62. The van der Waals surface area contributed by atoms with E-state index in [0.717, 1.165) is 34.1 Å². The predicted molar refractivity (Wildman–Crippen MR) is 115 cm³/mol. The number of benzene rings is 3. The van der Waals surface area contributed by atoms with E-state index in [-0.39, 0.29) is 5.75 Å². The van der Waals surface area contributed by atoms with Crippen LogP contribution in [0.25, 0.3) is 11.3 Å². The van der Waals surface area contributed by atoms with Crippen molar-refractivity contribution in [3.05, 3.63) is 100 Å². The molecule has 0 spiro atoms. The molecule has 0 saturated carbocycles. The minimum Gasteiger partial charge on any atom is -0.456 e. The summed E-state index contributed by atoms with van der Waals surface area (Å²) >= 11 is 4.15. The number of carbonyl (C=O) groups excluding carboxylic acids is 1. The van der Waals surface area contributed by atoms with Gasteiger partial charge in [0.2, 0.25) is 0 Å². The van der Waals surface area contributed by atoms with E-state index < -0.39 is 17.0 Å². The lowest BCUT2D eigenvalue weighted by molar-refractivity contribution is -0.108. The Morgan fingerprint density at radius 3 is 2.28 bits per heavy atom. The third kappa shape index (κ3) is 4.03. The highest BCUT2D eigenvalue weighted by Gasteiger charge is 2.31. The van der Waals surface area contributed by atoms with Crippen molar-refractivity contribution in [1.82, 2.24) is 0 Å². The smallest absolute Gasteiger partial charge is 0.157 e. The molecule has 3 aromatic carbocycles. The summed E-state index contributed by atoms with van der Waals surface area (Å²) in [6, 6.07) is 22.0. The molecule has 4 nitrogen and oxygen atoms in total. The first-order valence-corrected chi connectivity index (χ1v) is 10.6. The number of halogens is 1. The van der Waals surface area contributed by atoms with Crippen LogP contribution >= 0.6 is 11.6 Å². The molecule has 0 saturated heterocycles. The van der Waals surface area contributed by atoms with Gasteiger partial charge in [0, 0.05) is 21.7 Å². The van der Waals surface area contributed by atoms with Crippen LogP contribution in [0.3, 0.4) is 0 Å². The third-order valence-corrected chi connectivity index (χ3v) is 5.65. The van der Waals surface area contributed by atoms with Gasteiger partial charge in [0.1, 0.15) is 17.8 Å². The summed E-state index contributed by atoms with van der Waals surface area (Å²) in [5, 5.41) is 0.608. The average Bonchev–Trinajstić information content (AvgIpc) is 2.73. The van der Waals surface area contributed by atoms with Crippen LogP contribution in [0.5, 0.6) is 5.75 Å². The number of ether oxygens (including phenoxy) is 1. The Labute approximate surface area is 176 Å². The second-order valence-electron chi connectivity index (χ2n) is 6.67. The molecule has 0 aliphatic carbocycles. The van der Waals surface area contributed by atoms with Crippen molar-refractivity contribution in [1.29, 1.82) is 0 Å². The van der Waals surface area contributed by atoms with Gasteiger partial charge in [-0.3, -0.25) is 0 Å². The van der Waals surface area contributed by atoms with E-state index >= 15 is 0 Å². The van der Waals surface area contributed by atoms with E-state index in [1.165, 1.54) is 0 Å². The van der Waals surface area contributed by atoms with Crippen LogP contribution in [0.4, 0.5) is 0 Å². The summed E-state index contributed by atoms with van der Waals surface area (Å²) in [7, 11) is 0. The van der Waals surface area contributed by atoms with Crippen molar-refractivity contribution in [3.63, 3.8) is 0 Å². The van der Waals surface area contributed by atoms with E-state index in [1.54, 1.807) is 24.3 Å². The molecule has 0 bridgehead atoms. The normalized spacial score (nSPS) is 16.7. The number of hydrogen-bond donors (Lipinski definition) is 1. The third-order valence-electron chi connectivity index (χ3n) is 4.82. The van der Waals surface area contributed by atoms with Gasteiger partial charge in [-0.1, -0.05) is 66.2 Å². The number of rotatable bonds is 5. The molecule has 3 aromatic rings. The molecular weight excluding hydrogens is 408 g/mol. The average molecular weight is 425 g/mol. The summed E-state index contributed by atoms with van der Waals surface area (Å²) in [6.07, 6.45) is 0.925. The predicted octanol–water partition coefficient (Wildman–Crippen LogP) is 5.31. The van der Waals surface area contributed by atoms with Gasteiger partial charge in [-0.05, 0) is 29.3 Å². The zero-order valence-corrected chi connectivity index (χ0v) is 16.8. The molecule has 1 aliphatic rings. The number of carbonyl (C=O) groups is 1. The highest BCUT2D eigenvalue weighted by molar-refractivity contribution is 7.78. The molecule has 0 amide bonds. The SMILES string of the molecule is O=CC1C(c2ccc(Cl)cc2)=C(c2ccc(CS(=O)O)cc2)Oc2ccccc21. The van der Waals surface area contributed by atoms with Crippen molar-refractivity contribution in [2.45, 2.75) is 11.7 Å². The van der Waals surface area contributed by atoms with Crippen LogP contribution in [0.1, 0.15) is 28.2 Å². The van der Waals surface area contributed by atoms with Crippen LogP contribution in [-0.4, -0.2) is 15.0 Å². The Hall–Kier alpha value is -2.73. The van der Waals surface area contributed by atoms with Crippen LogP contribution in [0.15, 0.2) is 72.8 Å². The number of aldehydes is 1. The molecule has 6 heteroatoms. The molecule has 1 aliphatic heterocycles. The van der Waals surface area contributed by atoms with Crippen molar-refractivity contribution >= 4 is 40.3 Å². The van der Waals surface area contributed by atoms with E-state index in [9.17, 15) is 9.00 Å². The highest BCUT2D eigenvalue weighted by atomic mass is 35.5. The van der Waals surface area contributed by atoms with Gasteiger partial charge in [-0.15, -0.1) is 0 Å². The van der Waals surface area contributed by atoms with Gasteiger partial charge in [-0.2, -0.15) is 0 Å². The molecule has 146 valence electrons. The second kappa shape index (κ2) is 8.33. The maximum atomic E-state index is 12.1. The molecule has 1 N–H and O–H groups in total. The molecule has 4 rings (SSSR count). The maximum Gasteiger partial charge on any atom is 0.157 e. The first-order chi connectivity index (χ1) is 14.1. The Balaban J connectivity index is 1.88. The molecule has 1 heterocycles.